The molecule has 0 heterocycles. The van der Waals surface area contributed by atoms with Crippen LogP contribution in [0.1, 0.15) is 30.9 Å². The van der Waals surface area contributed by atoms with Crippen LogP contribution in [-0.4, -0.2) is 13.1 Å². The zero-order chi connectivity index (χ0) is 9.68. The van der Waals surface area contributed by atoms with E-state index in [9.17, 15) is 0 Å². The molecule has 72 valence electrons. The molecule has 0 aliphatic heterocycles. The van der Waals surface area contributed by atoms with Crippen LogP contribution in [0.25, 0.3) is 0 Å². The van der Waals surface area contributed by atoms with E-state index in [0.717, 1.165) is 13.1 Å². The van der Waals surface area contributed by atoms with Crippen LogP contribution >= 0.6 is 0 Å². The number of nitrogens with one attached hydrogen (secondary N) is 1. The number of benzene rings is 1. The Morgan fingerprint density at radius 2 is 2.00 bits per heavy atom. The summed E-state index contributed by atoms with van der Waals surface area (Å²) in [7, 11) is 0. The molecule has 1 aromatic carbocycles. The van der Waals surface area contributed by atoms with Crippen LogP contribution in [-0.2, 0) is 0 Å². The standard InChI is InChI=1S/C12H19N/c1-4-13-9-11(3)12-8-6-5-7-10(12)2/h5-8,11,13H,4,9H2,1-3H3. The second kappa shape index (κ2) is 5.03. The van der Waals surface area contributed by atoms with Gasteiger partial charge in [-0.05, 0) is 30.5 Å². The molecule has 1 unspecified atom stereocenters. The molecule has 1 heteroatoms. The first kappa shape index (κ1) is 10.3. The third-order valence-corrected chi connectivity index (χ3v) is 2.42. The lowest BCUT2D eigenvalue weighted by atomic mass is 9.96. The molecule has 0 aromatic heterocycles. The first-order chi connectivity index (χ1) is 6.25. The molecule has 1 atom stereocenters. The van der Waals surface area contributed by atoms with Gasteiger partial charge in [-0.1, -0.05) is 38.1 Å². The first-order valence-corrected chi connectivity index (χ1v) is 5.02. The van der Waals surface area contributed by atoms with Crippen molar-refractivity contribution in [3.8, 4) is 0 Å². The minimum atomic E-state index is 0.612. The maximum Gasteiger partial charge on any atom is 0.00174 e. The Kier molecular flexibility index (Phi) is 3.97. The van der Waals surface area contributed by atoms with Gasteiger partial charge in [-0.3, -0.25) is 0 Å². The molecule has 1 aromatic rings. The van der Waals surface area contributed by atoms with Crippen molar-refractivity contribution in [2.75, 3.05) is 13.1 Å². The number of rotatable bonds is 4. The van der Waals surface area contributed by atoms with Gasteiger partial charge in [-0.2, -0.15) is 0 Å². The van der Waals surface area contributed by atoms with Gasteiger partial charge in [0.05, 0.1) is 0 Å². The Labute approximate surface area is 81.2 Å². The van der Waals surface area contributed by atoms with E-state index in [4.69, 9.17) is 0 Å². The van der Waals surface area contributed by atoms with Gasteiger partial charge < -0.3 is 5.32 Å². The average Bonchev–Trinajstić information content (AvgIpc) is 2.15. The van der Waals surface area contributed by atoms with Crippen molar-refractivity contribution < 1.29 is 0 Å². The monoisotopic (exact) mass is 177 g/mol. The van der Waals surface area contributed by atoms with Crippen LogP contribution in [0.5, 0.6) is 0 Å². The van der Waals surface area contributed by atoms with Gasteiger partial charge >= 0.3 is 0 Å². The van der Waals surface area contributed by atoms with Crippen molar-refractivity contribution in [3.05, 3.63) is 35.4 Å². The summed E-state index contributed by atoms with van der Waals surface area (Å²) in [4.78, 5) is 0. The van der Waals surface area contributed by atoms with Gasteiger partial charge in [0.25, 0.3) is 0 Å². The topological polar surface area (TPSA) is 12.0 Å². The summed E-state index contributed by atoms with van der Waals surface area (Å²) >= 11 is 0. The van der Waals surface area contributed by atoms with E-state index < -0.39 is 0 Å². The van der Waals surface area contributed by atoms with E-state index in [1.165, 1.54) is 11.1 Å². The molecule has 0 aliphatic rings. The van der Waals surface area contributed by atoms with E-state index in [-0.39, 0.29) is 0 Å². The quantitative estimate of drug-likeness (QED) is 0.745. The lowest BCUT2D eigenvalue weighted by Gasteiger charge is -2.14. The lowest BCUT2D eigenvalue weighted by molar-refractivity contribution is 0.633. The molecule has 0 fully saturated rings. The highest BCUT2D eigenvalue weighted by Crippen LogP contribution is 2.17. The molecule has 0 spiro atoms. The summed E-state index contributed by atoms with van der Waals surface area (Å²) in [6.07, 6.45) is 0. The molecule has 0 saturated carbocycles. The zero-order valence-corrected chi connectivity index (χ0v) is 8.80. The minimum Gasteiger partial charge on any atom is -0.316 e. The molecule has 1 N–H and O–H groups in total. The fraction of sp³-hybridized carbons (Fsp3) is 0.500. The van der Waals surface area contributed by atoms with E-state index in [2.05, 4.69) is 50.4 Å². The van der Waals surface area contributed by atoms with Gasteiger partial charge in [0.1, 0.15) is 0 Å². The fourth-order valence-electron chi connectivity index (χ4n) is 1.61. The molecule has 0 amide bonds. The van der Waals surface area contributed by atoms with Gasteiger partial charge in [-0.15, -0.1) is 0 Å². The van der Waals surface area contributed by atoms with Crippen LogP contribution in [0, 0.1) is 6.92 Å². The molecule has 0 radical (unpaired) electrons. The second-order valence-corrected chi connectivity index (χ2v) is 3.57. The second-order valence-electron chi connectivity index (χ2n) is 3.57. The fourth-order valence-corrected chi connectivity index (χ4v) is 1.61. The molecule has 1 nitrogen and oxygen atoms in total. The van der Waals surface area contributed by atoms with E-state index in [1.54, 1.807) is 0 Å². The maximum absolute atomic E-state index is 3.37. The van der Waals surface area contributed by atoms with Crippen LogP contribution in [0.4, 0.5) is 0 Å². The van der Waals surface area contributed by atoms with Crippen molar-refractivity contribution in [1.29, 1.82) is 0 Å². The maximum atomic E-state index is 3.37. The summed E-state index contributed by atoms with van der Waals surface area (Å²) in [5.74, 6) is 0.612. The highest BCUT2D eigenvalue weighted by molar-refractivity contribution is 5.28. The summed E-state index contributed by atoms with van der Waals surface area (Å²) in [6, 6.07) is 8.61. The lowest BCUT2D eigenvalue weighted by Crippen LogP contribution is -2.19. The molecule has 0 aliphatic carbocycles. The zero-order valence-electron chi connectivity index (χ0n) is 8.80. The smallest absolute Gasteiger partial charge is 0.00174 e. The third kappa shape index (κ3) is 2.85. The van der Waals surface area contributed by atoms with Crippen LogP contribution in [0.3, 0.4) is 0 Å². The van der Waals surface area contributed by atoms with Gasteiger partial charge in [0.2, 0.25) is 0 Å². The highest BCUT2D eigenvalue weighted by atomic mass is 14.8. The summed E-state index contributed by atoms with van der Waals surface area (Å²) in [5.41, 5.74) is 2.86. The van der Waals surface area contributed by atoms with E-state index in [0.29, 0.717) is 5.92 Å². The predicted molar refractivity (Wildman–Crippen MR) is 58.1 cm³/mol. The van der Waals surface area contributed by atoms with Gasteiger partial charge in [-0.25, -0.2) is 0 Å². The van der Waals surface area contributed by atoms with Crippen molar-refractivity contribution in [2.24, 2.45) is 0 Å². The minimum absolute atomic E-state index is 0.612. The molecule has 13 heavy (non-hydrogen) atoms. The largest absolute Gasteiger partial charge is 0.316 e. The predicted octanol–water partition coefficient (Wildman–Crippen LogP) is 2.71. The van der Waals surface area contributed by atoms with Crippen LogP contribution < -0.4 is 5.32 Å². The summed E-state index contributed by atoms with van der Waals surface area (Å²) in [5, 5.41) is 3.37. The summed E-state index contributed by atoms with van der Waals surface area (Å²) in [6.45, 7) is 8.71. The number of hydrogen-bond acceptors (Lipinski definition) is 1. The Hall–Kier alpha value is -0.820. The van der Waals surface area contributed by atoms with E-state index in [1.807, 2.05) is 0 Å². The highest BCUT2D eigenvalue weighted by Gasteiger charge is 2.05. The first-order valence-electron chi connectivity index (χ1n) is 5.02. The Bertz CT molecular complexity index is 255. The SMILES string of the molecule is CCNCC(C)c1ccccc1C. The molecular weight excluding hydrogens is 158 g/mol. The number of aryl methyl sites for hydroxylation is 1. The van der Waals surface area contributed by atoms with Crippen molar-refractivity contribution >= 4 is 0 Å². The van der Waals surface area contributed by atoms with Crippen molar-refractivity contribution in [2.45, 2.75) is 26.7 Å². The Morgan fingerprint density at radius 3 is 2.62 bits per heavy atom. The molecule has 0 saturated heterocycles. The summed E-state index contributed by atoms with van der Waals surface area (Å²) < 4.78 is 0. The third-order valence-electron chi connectivity index (χ3n) is 2.42. The van der Waals surface area contributed by atoms with E-state index >= 15 is 0 Å². The number of hydrogen-bond donors (Lipinski definition) is 1. The van der Waals surface area contributed by atoms with Crippen LogP contribution in [0.2, 0.25) is 0 Å². The normalized spacial score (nSPS) is 12.8. The Balaban J connectivity index is 2.65. The Morgan fingerprint density at radius 1 is 1.31 bits per heavy atom. The molecule has 1 rings (SSSR count). The van der Waals surface area contributed by atoms with Crippen LogP contribution in [0.15, 0.2) is 24.3 Å². The molecular formula is C12H19N. The average molecular weight is 177 g/mol. The number of likely N-dealkylation sites (N-methyl/N-ethyl adjacent to an activating group) is 1. The van der Waals surface area contributed by atoms with Crippen molar-refractivity contribution in [1.82, 2.24) is 5.32 Å². The van der Waals surface area contributed by atoms with Gasteiger partial charge in [0.15, 0.2) is 0 Å². The van der Waals surface area contributed by atoms with Gasteiger partial charge in [0, 0.05) is 6.54 Å². The van der Waals surface area contributed by atoms with Crippen molar-refractivity contribution in [3.63, 3.8) is 0 Å². The molecule has 0 bridgehead atoms.